The van der Waals surface area contributed by atoms with Crippen LogP contribution < -0.4 is 11.3 Å². The van der Waals surface area contributed by atoms with Crippen molar-refractivity contribution in [2.75, 3.05) is 0 Å². The second kappa shape index (κ2) is 2.18. The molecule has 0 saturated carbocycles. The summed E-state index contributed by atoms with van der Waals surface area (Å²) < 4.78 is 0. The number of hydrogen-bond acceptors (Lipinski definition) is 2. The SMILES string of the molecule is [B]C(C)(C)C(=O)NN. The van der Waals surface area contributed by atoms with Gasteiger partial charge in [-0.25, -0.2) is 5.84 Å². The van der Waals surface area contributed by atoms with E-state index < -0.39 is 5.31 Å². The lowest BCUT2D eigenvalue weighted by Crippen LogP contribution is -2.37. The van der Waals surface area contributed by atoms with Gasteiger partial charge in [0.05, 0.1) is 7.85 Å². The molecule has 0 heterocycles. The van der Waals surface area contributed by atoms with E-state index in [0.29, 0.717) is 0 Å². The summed E-state index contributed by atoms with van der Waals surface area (Å²) in [7, 11) is 5.30. The molecule has 0 unspecified atom stereocenters. The molecule has 44 valence electrons. The summed E-state index contributed by atoms with van der Waals surface area (Å²) in [6.07, 6.45) is 0. The Morgan fingerprint density at radius 3 is 2.12 bits per heavy atom. The average Bonchev–Trinajstić information content (AvgIpc) is 1.62. The Labute approximate surface area is 50.0 Å². The Balaban J connectivity index is 3.82. The van der Waals surface area contributed by atoms with Crippen molar-refractivity contribution < 1.29 is 4.79 Å². The topological polar surface area (TPSA) is 55.1 Å². The van der Waals surface area contributed by atoms with Gasteiger partial charge in [0.25, 0.3) is 0 Å². The predicted molar refractivity (Wildman–Crippen MR) is 32.1 cm³/mol. The number of rotatable bonds is 1. The monoisotopic (exact) mass is 112 g/mol. The fraction of sp³-hybridized carbons (Fsp3) is 0.750. The first-order valence-corrected chi connectivity index (χ1v) is 2.28. The van der Waals surface area contributed by atoms with Crippen LogP contribution in [0, 0.1) is 0 Å². The molecule has 0 rings (SSSR count). The molecule has 0 aliphatic heterocycles. The van der Waals surface area contributed by atoms with Gasteiger partial charge in [-0.2, -0.15) is 0 Å². The van der Waals surface area contributed by atoms with Gasteiger partial charge in [0.15, 0.2) is 0 Å². The first-order chi connectivity index (χ1) is 3.48. The molecule has 0 atom stereocenters. The van der Waals surface area contributed by atoms with Gasteiger partial charge < -0.3 is 0 Å². The largest absolute Gasteiger partial charge is 0.294 e. The highest BCUT2D eigenvalue weighted by Crippen LogP contribution is 2.16. The van der Waals surface area contributed by atoms with Crippen LogP contribution in [-0.4, -0.2) is 13.8 Å². The molecule has 0 fully saturated rings. The summed E-state index contributed by atoms with van der Waals surface area (Å²) in [5.74, 6) is 4.42. The summed E-state index contributed by atoms with van der Waals surface area (Å²) in [5.41, 5.74) is 1.94. The van der Waals surface area contributed by atoms with Crippen molar-refractivity contribution in [3.63, 3.8) is 0 Å². The third-order valence-electron chi connectivity index (χ3n) is 0.716. The lowest BCUT2D eigenvalue weighted by Gasteiger charge is -2.14. The zero-order valence-electron chi connectivity index (χ0n) is 5.06. The predicted octanol–water partition coefficient (Wildman–Crippen LogP) is -0.657. The smallest absolute Gasteiger partial charge is 0.230 e. The zero-order valence-corrected chi connectivity index (χ0v) is 5.06. The van der Waals surface area contributed by atoms with Crippen LogP contribution in [0.3, 0.4) is 0 Å². The summed E-state index contributed by atoms with van der Waals surface area (Å²) in [4.78, 5) is 10.5. The van der Waals surface area contributed by atoms with Gasteiger partial charge in [0, 0.05) is 5.31 Å². The van der Waals surface area contributed by atoms with Crippen molar-refractivity contribution in [1.29, 1.82) is 0 Å². The molecule has 0 spiro atoms. The molecular formula is C4H9BN2O. The van der Waals surface area contributed by atoms with Crippen LogP contribution in [0.25, 0.3) is 0 Å². The molecule has 8 heavy (non-hydrogen) atoms. The standard InChI is InChI=1S/C4H9BN2O/c1-4(2,5)3(8)7-6/h6H2,1-2H3,(H,7,8). The van der Waals surface area contributed by atoms with Crippen LogP contribution in [0.1, 0.15) is 13.8 Å². The Morgan fingerprint density at radius 1 is 1.75 bits per heavy atom. The quantitative estimate of drug-likeness (QED) is 0.205. The van der Waals surface area contributed by atoms with Gasteiger partial charge in [-0.15, -0.1) is 0 Å². The molecule has 3 nitrogen and oxygen atoms in total. The number of hydrazine groups is 1. The van der Waals surface area contributed by atoms with Crippen LogP contribution in [0.15, 0.2) is 0 Å². The van der Waals surface area contributed by atoms with E-state index in [4.69, 9.17) is 13.7 Å². The van der Waals surface area contributed by atoms with Gasteiger partial charge in [-0.1, -0.05) is 13.8 Å². The van der Waals surface area contributed by atoms with Gasteiger partial charge in [-0.3, -0.25) is 10.2 Å². The van der Waals surface area contributed by atoms with E-state index in [1.54, 1.807) is 13.8 Å². The second-order valence-corrected chi connectivity index (χ2v) is 2.20. The summed E-state index contributed by atoms with van der Waals surface area (Å²) in [6.45, 7) is 3.16. The van der Waals surface area contributed by atoms with Crippen LogP contribution in [0.4, 0.5) is 0 Å². The van der Waals surface area contributed by atoms with Crippen molar-refractivity contribution >= 4 is 13.8 Å². The Morgan fingerprint density at radius 2 is 2.12 bits per heavy atom. The number of nitrogens with two attached hydrogens (primary N) is 1. The number of carbonyl (C=O) groups excluding carboxylic acids is 1. The first-order valence-electron chi connectivity index (χ1n) is 2.28. The van der Waals surface area contributed by atoms with E-state index in [9.17, 15) is 4.79 Å². The third-order valence-corrected chi connectivity index (χ3v) is 0.716. The Bertz CT molecular complexity index is 96.7. The van der Waals surface area contributed by atoms with Crippen molar-refractivity contribution in [2.24, 2.45) is 5.84 Å². The first kappa shape index (κ1) is 7.49. The lowest BCUT2D eigenvalue weighted by molar-refractivity contribution is -0.123. The normalized spacial score (nSPS) is 10.9. The Kier molecular flexibility index (Phi) is 2.04. The van der Waals surface area contributed by atoms with Crippen LogP contribution >= 0.6 is 0 Å². The van der Waals surface area contributed by atoms with Gasteiger partial charge in [0.2, 0.25) is 5.91 Å². The van der Waals surface area contributed by atoms with E-state index in [0.717, 1.165) is 0 Å². The summed E-state index contributed by atoms with van der Waals surface area (Å²) >= 11 is 0. The number of hydrogen-bond donors (Lipinski definition) is 2. The maximum atomic E-state index is 10.5. The average molecular weight is 112 g/mol. The molecule has 4 heteroatoms. The van der Waals surface area contributed by atoms with Crippen LogP contribution in [0.2, 0.25) is 5.31 Å². The van der Waals surface area contributed by atoms with Crippen molar-refractivity contribution in [3.8, 4) is 0 Å². The van der Waals surface area contributed by atoms with E-state index in [2.05, 4.69) is 0 Å². The molecule has 0 bridgehead atoms. The van der Waals surface area contributed by atoms with Crippen LogP contribution in [-0.2, 0) is 4.79 Å². The second-order valence-electron chi connectivity index (χ2n) is 2.20. The molecule has 3 N–H and O–H groups in total. The van der Waals surface area contributed by atoms with Crippen molar-refractivity contribution in [3.05, 3.63) is 0 Å². The lowest BCUT2D eigenvalue weighted by atomic mass is 9.72. The molecule has 2 radical (unpaired) electrons. The zero-order chi connectivity index (χ0) is 6.78. The molecule has 0 aromatic rings. The number of amides is 1. The minimum atomic E-state index is -0.866. The molecular weight excluding hydrogens is 103 g/mol. The molecule has 0 saturated heterocycles. The minimum Gasteiger partial charge on any atom is -0.294 e. The summed E-state index contributed by atoms with van der Waals surface area (Å²) in [6, 6.07) is 0. The fourth-order valence-corrected chi connectivity index (χ4v) is 0.186. The van der Waals surface area contributed by atoms with Crippen molar-refractivity contribution in [1.82, 2.24) is 5.43 Å². The van der Waals surface area contributed by atoms with E-state index in [1.165, 1.54) is 0 Å². The molecule has 0 aliphatic carbocycles. The van der Waals surface area contributed by atoms with E-state index >= 15 is 0 Å². The van der Waals surface area contributed by atoms with Gasteiger partial charge >= 0.3 is 0 Å². The summed E-state index contributed by atoms with van der Waals surface area (Å²) in [5, 5.41) is -0.866. The highest BCUT2D eigenvalue weighted by Gasteiger charge is 2.18. The number of nitrogens with one attached hydrogen (secondary N) is 1. The fourth-order valence-electron chi connectivity index (χ4n) is 0.186. The van der Waals surface area contributed by atoms with Crippen molar-refractivity contribution in [2.45, 2.75) is 19.2 Å². The number of carbonyl (C=O) groups is 1. The highest BCUT2D eigenvalue weighted by atomic mass is 16.2. The van der Waals surface area contributed by atoms with Crippen LogP contribution in [0.5, 0.6) is 0 Å². The van der Waals surface area contributed by atoms with Gasteiger partial charge in [-0.05, 0) is 0 Å². The Hall–Kier alpha value is -0.505. The third kappa shape index (κ3) is 1.98. The van der Waals surface area contributed by atoms with Gasteiger partial charge in [0.1, 0.15) is 0 Å². The molecule has 0 aromatic carbocycles. The maximum absolute atomic E-state index is 10.5. The molecule has 0 aliphatic rings. The minimum absolute atomic E-state index is 0.363. The maximum Gasteiger partial charge on any atom is 0.230 e. The molecule has 1 amide bonds. The van der Waals surface area contributed by atoms with E-state index in [1.807, 2.05) is 5.43 Å². The highest BCUT2D eigenvalue weighted by molar-refractivity contribution is 6.27. The van der Waals surface area contributed by atoms with E-state index in [-0.39, 0.29) is 5.91 Å². The molecule has 0 aromatic heterocycles.